The molecule has 1 aromatic heterocycles. The first-order valence-corrected chi connectivity index (χ1v) is 7.08. The van der Waals surface area contributed by atoms with Gasteiger partial charge < -0.3 is 10.1 Å². The number of rotatable bonds is 3. The molecule has 0 saturated carbocycles. The van der Waals surface area contributed by atoms with Gasteiger partial charge in [0, 0.05) is 10.9 Å². The van der Waals surface area contributed by atoms with E-state index in [0.717, 1.165) is 23.6 Å². The lowest BCUT2D eigenvalue weighted by Crippen LogP contribution is -2.12. The second-order valence-electron chi connectivity index (χ2n) is 4.45. The van der Waals surface area contributed by atoms with Gasteiger partial charge >= 0.3 is 0 Å². The fraction of sp³-hybridized carbons (Fsp3) is 0.357. The number of ether oxygens (including phenoxy) is 1. The summed E-state index contributed by atoms with van der Waals surface area (Å²) in [6.45, 7) is 1.11. The van der Waals surface area contributed by atoms with Crippen molar-refractivity contribution < 1.29 is 4.74 Å². The van der Waals surface area contributed by atoms with Crippen LogP contribution in [0.15, 0.2) is 29.6 Å². The Labute approximate surface area is 111 Å². The third-order valence-electron chi connectivity index (χ3n) is 3.25. The van der Waals surface area contributed by atoms with Gasteiger partial charge in [0.25, 0.3) is 0 Å². The molecule has 0 radical (unpaired) electrons. The zero-order chi connectivity index (χ0) is 12.4. The molecule has 1 unspecified atom stereocenters. The summed E-state index contributed by atoms with van der Waals surface area (Å²) in [7, 11) is 1.69. The summed E-state index contributed by atoms with van der Waals surface area (Å²) < 4.78 is 5.25. The van der Waals surface area contributed by atoms with Crippen molar-refractivity contribution in [1.82, 2.24) is 10.3 Å². The highest BCUT2D eigenvalue weighted by Crippen LogP contribution is 2.30. The van der Waals surface area contributed by atoms with E-state index in [0.29, 0.717) is 6.04 Å². The highest BCUT2D eigenvalue weighted by atomic mass is 32.1. The highest BCUT2D eigenvalue weighted by Gasteiger charge is 2.19. The van der Waals surface area contributed by atoms with Crippen LogP contribution in [-0.4, -0.2) is 18.6 Å². The summed E-state index contributed by atoms with van der Waals surface area (Å²) in [5.74, 6) is 0.876. The number of hydrogen-bond donors (Lipinski definition) is 1. The summed E-state index contributed by atoms with van der Waals surface area (Å²) >= 11 is 1.74. The molecule has 0 bridgehead atoms. The van der Waals surface area contributed by atoms with E-state index in [1.807, 2.05) is 18.2 Å². The van der Waals surface area contributed by atoms with Crippen LogP contribution in [0.4, 0.5) is 0 Å². The first kappa shape index (κ1) is 11.7. The van der Waals surface area contributed by atoms with Gasteiger partial charge in [-0.2, -0.15) is 0 Å². The zero-order valence-electron chi connectivity index (χ0n) is 10.3. The Kier molecular flexibility index (Phi) is 3.30. The third-order valence-corrected chi connectivity index (χ3v) is 4.20. The molecular weight excluding hydrogens is 244 g/mol. The van der Waals surface area contributed by atoms with E-state index in [1.165, 1.54) is 17.8 Å². The summed E-state index contributed by atoms with van der Waals surface area (Å²) in [5.41, 5.74) is 2.16. The monoisotopic (exact) mass is 260 g/mol. The smallest absolute Gasteiger partial charge is 0.119 e. The SMILES string of the molecule is COc1cccc(-c2csc(C3CCCN3)n2)c1. The van der Waals surface area contributed by atoms with Gasteiger partial charge in [-0.15, -0.1) is 11.3 Å². The van der Waals surface area contributed by atoms with Crippen molar-refractivity contribution in [3.05, 3.63) is 34.7 Å². The molecule has 3 nitrogen and oxygen atoms in total. The predicted molar refractivity (Wildman–Crippen MR) is 74.1 cm³/mol. The van der Waals surface area contributed by atoms with Crippen LogP contribution in [0.3, 0.4) is 0 Å². The van der Waals surface area contributed by atoms with Gasteiger partial charge in [-0.25, -0.2) is 4.98 Å². The van der Waals surface area contributed by atoms with Crippen molar-refractivity contribution in [1.29, 1.82) is 0 Å². The summed E-state index contributed by atoms with van der Waals surface area (Å²) in [6.07, 6.45) is 2.45. The summed E-state index contributed by atoms with van der Waals surface area (Å²) in [4.78, 5) is 4.74. The molecule has 18 heavy (non-hydrogen) atoms. The molecule has 0 aliphatic carbocycles. The van der Waals surface area contributed by atoms with Gasteiger partial charge in [0.15, 0.2) is 0 Å². The third kappa shape index (κ3) is 2.26. The maximum atomic E-state index is 5.25. The van der Waals surface area contributed by atoms with Crippen LogP contribution in [0.1, 0.15) is 23.9 Å². The van der Waals surface area contributed by atoms with Crippen molar-refractivity contribution >= 4 is 11.3 Å². The number of nitrogens with one attached hydrogen (secondary N) is 1. The number of aromatic nitrogens is 1. The molecular formula is C14H16N2OS. The Bertz CT molecular complexity index is 532. The molecule has 1 N–H and O–H groups in total. The molecule has 4 heteroatoms. The van der Waals surface area contributed by atoms with E-state index in [4.69, 9.17) is 9.72 Å². The molecule has 3 rings (SSSR count). The standard InChI is InChI=1S/C14H16N2OS/c1-17-11-5-2-4-10(8-11)13-9-18-14(16-13)12-6-3-7-15-12/h2,4-5,8-9,12,15H,3,6-7H2,1H3. The molecule has 0 spiro atoms. The van der Waals surface area contributed by atoms with Gasteiger partial charge in [0.05, 0.1) is 18.8 Å². The molecule has 2 aromatic rings. The Hall–Kier alpha value is -1.39. The lowest BCUT2D eigenvalue weighted by molar-refractivity contribution is 0.415. The topological polar surface area (TPSA) is 34.1 Å². The second kappa shape index (κ2) is 5.08. The molecule has 1 aliphatic heterocycles. The van der Waals surface area contributed by atoms with Crippen LogP contribution in [-0.2, 0) is 0 Å². The average Bonchev–Trinajstić information content (AvgIpc) is 3.09. The van der Waals surface area contributed by atoms with Crippen LogP contribution >= 0.6 is 11.3 Å². The van der Waals surface area contributed by atoms with Crippen LogP contribution < -0.4 is 10.1 Å². The fourth-order valence-corrected chi connectivity index (χ4v) is 3.20. The number of thiazole rings is 1. The predicted octanol–water partition coefficient (Wildman–Crippen LogP) is 3.24. The van der Waals surface area contributed by atoms with Gasteiger partial charge in [-0.1, -0.05) is 12.1 Å². The minimum absolute atomic E-state index is 0.453. The second-order valence-corrected chi connectivity index (χ2v) is 5.34. The molecule has 1 aliphatic rings. The van der Waals surface area contributed by atoms with Crippen LogP contribution in [0, 0.1) is 0 Å². The molecule has 1 atom stereocenters. The van der Waals surface area contributed by atoms with E-state index >= 15 is 0 Å². The Morgan fingerprint density at radius 3 is 3.17 bits per heavy atom. The van der Waals surface area contributed by atoms with E-state index < -0.39 is 0 Å². The van der Waals surface area contributed by atoms with E-state index in [1.54, 1.807) is 18.4 Å². The number of benzene rings is 1. The van der Waals surface area contributed by atoms with Crippen molar-refractivity contribution in [2.45, 2.75) is 18.9 Å². The summed E-state index contributed by atoms with van der Waals surface area (Å²) in [5, 5.41) is 6.81. The van der Waals surface area contributed by atoms with Gasteiger partial charge in [0.1, 0.15) is 10.8 Å². The number of hydrogen-bond acceptors (Lipinski definition) is 4. The molecule has 1 aromatic carbocycles. The largest absolute Gasteiger partial charge is 0.497 e. The van der Waals surface area contributed by atoms with Crippen molar-refractivity contribution in [2.24, 2.45) is 0 Å². The fourth-order valence-electron chi connectivity index (χ4n) is 2.26. The van der Waals surface area contributed by atoms with Crippen molar-refractivity contribution in [3.8, 4) is 17.0 Å². The van der Waals surface area contributed by atoms with E-state index in [-0.39, 0.29) is 0 Å². The van der Waals surface area contributed by atoms with E-state index in [2.05, 4.69) is 16.8 Å². The van der Waals surface area contributed by atoms with Crippen molar-refractivity contribution in [3.63, 3.8) is 0 Å². The minimum Gasteiger partial charge on any atom is -0.497 e. The normalized spacial score (nSPS) is 19.1. The maximum absolute atomic E-state index is 5.25. The van der Waals surface area contributed by atoms with Crippen LogP contribution in [0.5, 0.6) is 5.75 Å². The van der Waals surface area contributed by atoms with Gasteiger partial charge in [0.2, 0.25) is 0 Å². The lowest BCUT2D eigenvalue weighted by Gasteiger charge is -2.05. The highest BCUT2D eigenvalue weighted by molar-refractivity contribution is 7.10. The Morgan fingerprint density at radius 1 is 1.44 bits per heavy atom. The van der Waals surface area contributed by atoms with Crippen LogP contribution in [0.2, 0.25) is 0 Å². The first-order chi connectivity index (χ1) is 8.86. The molecule has 1 fully saturated rings. The molecule has 0 amide bonds. The first-order valence-electron chi connectivity index (χ1n) is 6.20. The lowest BCUT2D eigenvalue weighted by atomic mass is 10.1. The average molecular weight is 260 g/mol. The molecule has 94 valence electrons. The van der Waals surface area contributed by atoms with Gasteiger partial charge in [-0.3, -0.25) is 0 Å². The zero-order valence-corrected chi connectivity index (χ0v) is 11.2. The summed E-state index contributed by atoms with van der Waals surface area (Å²) in [6, 6.07) is 8.51. The molecule has 1 saturated heterocycles. The minimum atomic E-state index is 0.453. The number of methoxy groups -OCH3 is 1. The Balaban J connectivity index is 1.87. The Morgan fingerprint density at radius 2 is 2.39 bits per heavy atom. The number of nitrogens with zero attached hydrogens (tertiary/aromatic N) is 1. The molecule has 2 heterocycles. The van der Waals surface area contributed by atoms with Gasteiger partial charge in [-0.05, 0) is 31.5 Å². The maximum Gasteiger partial charge on any atom is 0.119 e. The van der Waals surface area contributed by atoms with E-state index in [9.17, 15) is 0 Å². The van der Waals surface area contributed by atoms with Crippen LogP contribution in [0.25, 0.3) is 11.3 Å². The quantitative estimate of drug-likeness (QED) is 0.920. The van der Waals surface area contributed by atoms with Crippen molar-refractivity contribution in [2.75, 3.05) is 13.7 Å².